The Kier molecular flexibility index (Phi) is 5.33. The van der Waals surface area contributed by atoms with E-state index in [1.165, 1.54) is 0 Å². The molecule has 24 heavy (non-hydrogen) atoms. The summed E-state index contributed by atoms with van der Waals surface area (Å²) in [6.45, 7) is 6.43. The molecule has 1 amide bonds. The summed E-state index contributed by atoms with van der Waals surface area (Å²) in [4.78, 5) is 11.6. The van der Waals surface area contributed by atoms with E-state index in [9.17, 15) is 4.79 Å². The number of benzene rings is 1. The molecule has 0 aliphatic carbocycles. The smallest absolute Gasteiger partial charge is 0.407 e. The molecule has 0 radical (unpaired) electrons. The van der Waals surface area contributed by atoms with Gasteiger partial charge in [-0.3, -0.25) is 4.68 Å². The molecule has 0 atom stereocenters. The number of amides is 1. The first-order valence-corrected chi connectivity index (χ1v) is 7.72. The minimum Gasteiger partial charge on any atom is -0.494 e. The van der Waals surface area contributed by atoms with Crippen molar-refractivity contribution in [2.45, 2.75) is 32.9 Å². The number of alkyl carbamates (subject to hydrolysis) is 1. The normalized spacial score (nSPS) is 11.2. The number of anilines is 1. The van der Waals surface area contributed by atoms with E-state index in [0.717, 1.165) is 11.1 Å². The Morgan fingerprint density at radius 1 is 1.38 bits per heavy atom. The Labute approximate surface area is 141 Å². The number of nitrogens with two attached hydrogens (primary N) is 1. The lowest BCUT2D eigenvalue weighted by molar-refractivity contribution is 0.0525. The SMILES string of the molecule is COc1c(N)cccc1-c1cnn(CCNC(=O)OC(C)(C)C)c1. The van der Waals surface area contributed by atoms with Crippen molar-refractivity contribution in [1.29, 1.82) is 0 Å². The standard InChI is InChI=1S/C17H24N4O3/c1-17(2,3)24-16(22)19-8-9-21-11-12(10-20-21)13-6-5-7-14(18)15(13)23-4/h5-7,10-11H,8-9,18H2,1-4H3,(H,19,22). The molecule has 0 spiro atoms. The number of para-hydroxylation sites is 1. The van der Waals surface area contributed by atoms with E-state index < -0.39 is 11.7 Å². The van der Waals surface area contributed by atoms with Crippen molar-refractivity contribution in [3.63, 3.8) is 0 Å². The van der Waals surface area contributed by atoms with Gasteiger partial charge in [-0.05, 0) is 26.8 Å². The molecule has 0 saturated carbocycles. The van der Waals surface area contributed by atoms with Gasteiger partial charge in [-0.2, -0.15) is 5.10 Å². The number of aromatic nitrogens is 2. The van der Waals surface area contributed by atoms with Gasteiger partial charge in [-0.25, -0.2) is 4.79 Å². The molecule has 0 aliphatic rings. The fraction of sp³-hybridized carbons (Fsp3) is 0.412. The molecule has 0 saturated heterocycles. The van der Waals surface area contributed by atoms with Gasteiger partial charge in [0, 0.05) is 23.9 Å². The van der Waals surface area contributed by atoms with Gasteiger partial charge < -0.3 is 20.5 Å². The molecule has 7 nitrogen and oxygen atoms in total. The summed E-state index contributed by atoms with van der Waals surface area (Å²) in [5.41, 5.74) is 7.78. The lowest BCUT2D eigenvalue weighted by atomic mass is 10.1. The quantitative estimate of drug-likeness (QED) is 0.821. The van der Waals surface area contributed by atoms with Crippen LogP contribution in [0.2, 0.25) is 0 Å². The number of nitrogens with zero attached hydrogens (tertiary/aromatic N) is 2. The Balaban J connectivity index is 1.97. The predicted molar refractivity (Wildman–Crippen MR) is 92.9 cm³/mol. The van der Waals surface area contributed by atoms with Gasteiger partial charge in [0.15, 0.2) is 0 Å². The zero-order valence-electron chi connectivity index (χ0n) is 14.5. The average Bonchev–Trinajstić information content (AvgIpc) is 2.93. The van der Waals surface area contributed by atoms with E-state index >= 15 is 0 Å². The van der Waals surface area contributed by atoms with E-state index in [0.29, 0.717) is 24.5 Å². The highest BCUT2D eigenvalue weighted by Crippen LogP contribution is 2.34. The number of hydrogen-bond donors (Lipinski definition) is 2. The topological polar surface area (TPSA) is 91.4 Å². The van der Waals surface area contributed by atoms with Crippen LogP contribution in [-0.4, -0.2) is 35.1 Å². The zero-order chi connectivity index (χ0) is 17.7. The molecule has 7 heteroatoms. The van der Waals surface area contributed by atoms with Gasteiger partial charge in [-0.1, -0.05) is 12.1 Å². The Hall–Kier alpha value is -2.70. The third-order valence-electron chi connectivity index (χ3n) is 3.20. The van der Waals surface area contributed by atoms with Crippen LogP contribution in [0.25, 0.3) is 11.1 Å². The molecular formula is C17H24N4O3. The minimum absolute atomic E-state index is 0.421. The second kappa shape index (κ2) is 7.25. The number of nitrogen functional groups attached to an aromatic ring is 1. The first kappa shape index (κ1) is 17.7. The largest absolute Gasteiger partial charge is 0.494 e. The monoisotopic (exact) mass is 332 g/mol. The second-order valence-corrected chi connectivity index (χ2v) is 6.35. The van der Waals surface area contributed by atoms with E-state index in [-0.39, 0.29) is 0 Å². The van der Waals surface area contributed by atoms with Crippen molar-refractivity contribution >= 4 is 11.8 Å². The molecule has 2 rings (SSSR count). The first-order valence-electron chi connectivity index (χ1n) is 7.72. The molecule has 0 unspecified atom stereocenters. The van der Waals surface area contributed by atoms with Gasteiger partial charge in [0.2, 0.25) is 0 Å². The number of hydrogen-bond acceptors (Lipinski definition) is 5. The minimum atomic E-state index is -0.507. The summed E-state index contributed by atoms with van der Waals surface area (Å²) < 4.78 is 12.3. The van der Waals surface area contributed by atoms with Crippen molar-refractivity contribution < 1.29 is 14.3 Å². The maximum absolute atomic E-state index is 11.6. The molecular weight excluding hydrogens is 308 g/mol. The van der Waals surface area contributed by atoms with Crippen LogP contribution in [0.5, 0.6) is 5.75 Å². The van der Waals surface area contributed by atoms with Crippen molar-refractivity contribution in [2.24, 2.45) is 0 Å². The van der Waals surface area contributed by atoms with Gasteiger partial charge in [0.1, 0.15) is 11.4 Å². The number of ether oxygens (including phenoxy) is 2. The molecule has 0 bridgehead atoms. The highest BCUT2D eigenvalue weighted by atomic mass is 16.6. The lowest BCUT2D eigenvalue weighted by Crippen LogP contribution is -2.34. The molecule has 3 N–H and O–H groups in total. The fourth-order valence-electron chi connectivity index (χ4n) is 2.22. The number of nitrogens with one attached hydrogen (secondary N) is 1. The van der Waals surface area contributed by atoms with Crippen LogP contribution in [-0.2, 0) is 11.3 Å². The van der Waals surface area contributed by atoms with Crippen LogP contribution in [0.4, 0.5) is 10.5 Å². The van der Waals surface area contributed by atoms with Crippen LogP contribution in [0.15, 0.2) is 30.6 Å². The van der Waals surface area contributed by atoms with Crippen molar-refractivity contribution in [1.82, 2.24) is 15.1 Å². The van der Waals surface area contributed by atoms with E-state index in [1.807, 2.05) is 39.1 Å². The van der Waals surface area contributed by atoms with E-state index in [2.05, 4.69) is 10.4 Å². The lowest BCUT2D eigenvalue weighted by Gasteiger charge is -2.19. The van der Waals surface area contributed by atoms with E-state index in [1.54, 1.807) is 24.1 Å². The van der Waals surface area contributed by atoms with Crippen LogP contribution in [0.1, 0.15) is 20.8 Å². The summed E-state index contributed by atoms with van der Waals surface area (Å²) in [5, 5.41) is 7.00. The second-order valence-electron chi connectivity index (χ2n) is 6.35. The number of carbonyl (C=O) groups is 1. The summed E-state index contributed by atoms with van der Waals surface area (Å²) >= 11 is 0. The average molecular weight is 332 g/mol. The summed E-state index contributed by atoms with van der Waals surface area (Å²) in [5.74, 6) is 0.629. The van der Waals surface area contributed by atoms with Gasteiger partial charge in [0.05, 0.1) is 25.5 Å². The van der Waals surface area contributed by atoms with Crippen LogP contribution >= 0.6 is 0 Å². The van der Waals surface area contributed by atoms with Crippen molar-refractivity contribution in [3.05, 3.63) is 30.6 Å². The maximum Gasteiger partial charge on any atom is 0.407 e. The third-order valence-corrected chi connectivity index (χ3v) is 3.20. The number of methoxy groups -OCH3 is 1. The Morgan fingerprint density at radius 2 is 2.12 bits per heavy atom. The first-order chi connectivity index (χ1) is 11.3. The highest BCUT2D eigenvalue weighted by Gasteiger charge is 2.15. The maximum atomic E-state index is 11.6. The summed E-state index contributed by atoms with van der Waals surface area (Å²) in [7, 11) is 1.59. The molecule has 2 aromatic rings. The Morgan fingerprint density at radius 3 is 2.79 bits per heavy atom. The van der Waals surface area contributed by atoms with Gasteiger partial charge in [0.25, 0.3) is 0 Å². The highest BCUT2D eigenvalue weighted by molar-refractivity contribution is 5.76. The molecule has 1 heterocycles. The molecule has 1 aromatic carbocycles. The van der Waals surface area contributed by atoms with Crippen molar-refractivity contribution in [2.75, 3.05) is 19.4 Å². The molecule has 0 fully saturated rings. The summed E-state index contributed by atoms with van der Waals surface area (Å²) in [6, 6.07) is 5.58. The fourth-order valence-corrected chi connectivity index (χ4v) is 2.22. The predicted octanol–water partition coefficient (Wildman–Crippen LogP) is 2.67. The molecule has 0 aliphatic heterocycles. The summed E-state index contributed by atoms with van der Waals surface area (Å²) in [6.07, 6.45) is 3.19. The van der Waals surface area contributed by atoms with E-state index in [4.69, 9.17) is 15.2 Å². The molecule has 130 valence electrons. The van der Waals surface area contributed by atoms with Crippen LogP contribution in [0, 0.1) is 0 Å². The number of rotatable bonds is 5. The Bertz CT molecular complexity index is 704. The van der Waals surface area contributed by atoms with Gasteiger partial charge in [-0.15, -0.1) is 0 Å². The molecule has 1 aromatic heterocycles. The zero-order valence-corrected chi connectivity index (χ0v) is 14.5. The number of carbonyl (C=O) groups excluding carboxylic acids is 1. The van der Waals surface area contributed by atoms with Crippen LogP contribution < -0.4 is 15.8 Å². The third kappa shape index (κ3) is 4.65. The van der Waals surface area contributed by atoms with Crippen molar-refractivity contribution in [3.8, 4) is 16.9 Å². The van der Waals surface area contributed by atoms with Gasteiger partial charge >= 0.3 is 6.09 Å². The van der Waals surface area contributed by atoms with Crippen LogP contribution in [0.3, 0.4) is 0 Å².